The number of benzene rings is 1. The van der Waals surface area contributed by atoms with E-state index < -0.39 is 0 Å². The average Bonchev–Trinajstić information content (AvgIpc) is 3.28. The molecule has 100 valence electrons. The van der Waals surface area contributed by atoms with Crippen molar-refractivity contribution in [3.63, 3.8) is 0 Å². The molecule has 2 aliphatic rings. The number of nitrogens with zero attached hydrogens (tertiary/aromatic N) is 2. The second kappa shape index (κ2) is 5.46. The van der Waals surface area contributed by atoms with Gasteiger partial charge >= 0.3 is 0 Å². The fourth-order valence-electron chi connectivity index (χ4n) is 2.56. The monoisotopic (exact) mass is 272 g/mol. The SMILES string of the molecule is CCSc1cccc(N(CC2CC2)C2CC2)c1C#N. The summed E-state index contributed by atoms with van der Waals surface area (Å²) in [4.78, 5) is 3.65. The predicted molar refractivity (Wildman–Crippen MR) is 80.6 cm³/mol. The number of thioether (sulfide) groups is 1. The number of nitriles is 1. The van der Waals surface area contributed by atoms with Crippen LogP contribution in [0.5, 0.6) is 0 Å². The lowest BCUT2D eigenvalue weighted by Crippen LogP contribution is -2.28. The van der Waals surface area contributed by atoms with Gasteiger partial charge in [-0.3, -0.25) is 0 Å². The third-order valence-electron chi connectivity index (χ3n) is 3.86. The summed E-state index contributed by atoms with van der Waals surface area (Å²) in [7, 11) is 0. The molecular formula is C16H20N2S. The van der Waals surface area contributed by atoms with Gasteiger partial charge in [-0.2, -0.15) is 5.26 Å². The summed E-state index contributed by atoms with van der Waals surface area (Å²) in [5.74, 6) is 1.89. The van der Waals surface area contributed by atoms with Crippen molar-refractivity contribution in [3.05, 3.63) is 23.8 Å². The van der Waals surface area contributed by atoms with Gasteiger partial charge in [0.1, 0.15) is 6.07 Å². The van der Waals surface area contributed by atoms with Crippen LogP contribution < -0.4 is 4.90 Å². The third kappa shape index (κ3) is 2.90. The lowest BCUT2D eigenvalue weighted by molar-refractivity contribution is 0.717. The molecule has 3 heteroatoms. The van der Waals surface area contributed by atoms with Crippen molar-refractivity contribution < 1.29 is 0 Å². The Morgan fingerprint density at radius 1 is 1.32 bits per heavy atom. The normalized spacial score (nSPS) is 18.1. The van der Waals surface area contributed by atoms with E-state index in [-0.39, 0.29) is 0 Å². The molecule has 0 unspecified atom stereocenters. The minimum absolute atomic E-state index is 0.689. The molecule has 0 radical (unpaired) electrons. The molecule has 0 amide bonds. The molecule has 1 aromatic carbocycles. The molecule has 0 aromatic heterocycles. The minimum atomic E-state index is 0.689. The molecule has 0 spiro atoms. The van der Waals surface area contributed by atoms with Crippen LogP contribution in [0.3, 0.4) is 0 Å². The maximum absolute atomic E-state index is 9.54. The van der Waals surface area contributed by atoms with Gasteiger partial charge in [0, 0.05) is 17.5 Å². The molecule has 0 heterocycles. The standard InChI is InChI=1S/C16H20N2S/c1-2-19-16-5-3-4-15(14(16)10-17)18(13-8-9-13)11-12-6-7-12/h3-5,12-13H,2,6-9,11H2,1H3. The molecule has 1 aromatic rings. The third-order valence-corrected chi connectivity index (χ3v) is 4.80. The summed E-state index contributed by atoms with van der Waals surface area (Å²) < 4.78 is 0. The van der Waals surface area contributed by atoms with E-state index >= 15 is 0 Å². The summed E-state index contributed by atoms with van der Waals surface area (Å²) in [6.07, 6.45) is 5.33. The van der Waals surface area contributed by atoms with Crippen LogP contribution in [0, 0.1) is 17.2 Å². The molecule has 2 aliphatic carbocycles. The zero-order valence-electron chi connectivity index (χ0n) is 11.4. The first-order valence-corrected chi connectivity index (χ1v) is 8.24. The Balaban J connectivity index is 1.92. The van der Waals surface area contributed by atoms with Gasteiger partial charge in [0.05, 0.1) is 11.3 Å². The van der Waals surface area contributed by atoms with Crippen LogP contribution in [0.25, 0.3) is 0 Å². The van der Waals surface area contributed by atoms with Gasteiger partial charge < -0.3 is 4.90 Å². The average molecular weight is 272 g/mol. The van der Waals surface area contributed by atoms with Crippen molar-refractivity contribution >= 4 is 17.4 Å². The molecule has 2 saturated carbocycles. The Hall–Kier alpha value is -1.14. The van der Waals surface area contributed by atoms with Crippen molar-refractivity contribution in [2.24, 2.45) is 5.92 Å². The quantitative estimate of drug-likeness (QED) is 0.731. The highest BCUT2D eigenvalue weighted by molar-refractivity contribution is 7.99. The zero-order valence-corrected chi connectivity index (χ0v) is 12.2. The Kier molecular flexibility index (Phi) is 3.70. The summed E-state index contributed by atoms with van der Waals surface area (Å²) in [6.45, 7) is 3.29. The molecule has 0 N–H and O–H groups in total. The summed E-state index contributed by atoms with van der Waals surface area (Å²) in [6, 6.07) is 9.46. The van der Waals surface area contributed by atoms with E-state index in [0.717, 1.165) is 28.7 Å². The molecular weight excluding hydrogens is 252 g/mol. The van der Waals surface area contributed by atoms with Crippen molar-refractivity contribution in [1.29, 1.82) is 5.26 Å². The molecule has 0 bridgehead atoms. The lowest BCUT2D eigenvalue weighted by Gasteiger charge is -2.26. The number of rotatable bonds is 6. The fraction of sp³-hybridized carbons (Fsp3) is 0.562. The van der Waals surface area contributed by atoms with Gasteiger partial charge in [0.25, 0.3) is 0 Å². The van der Waals surface area contributed by atoms with Crippen molar-refractivity contribution in [3.8, 4) is 6.07 Å². The van der Waals surface area contributed by atoms with Crippen molar-refractivity contribution in [2.45, 2.75) is 43.5 Å². The van der Waals surface area contributed by atoms with Crippen molar-refractivity contribution in [1.82, 2.24) is 0 Å². The Labute approximate surface area is 119 Å². The van der Waals surface area contributed by atoms with E-state index in [1.54, 1.807) is 11.8 Å². The van der Waals surface area contributed by atoms with Crippen LogP contribution in [-0.2, 0) is 0 Å². The molecule has 3 rings (SSSR count). The Bertz CT molecular complexity index is 498. The molecule has 2 fully saturated rings. The Morgan fingerprint density at radius 2 is 2.11 bits per heavy atom. The van der Waals surface area contributed by atoms with E-state index in [9.17, 15) is 5.26 Å². The van der Waals surface area contributed by atoms with E-state index in [4.69, 9.17) is 0 Å². The van der Waals surface area contributed by atoms with E-state index in [1.807, 2.05) is 0 Å². The number of hydrogen-bond donors (Lipinski definition) is 0. The fourth-order valence-corrected chi connectivity index (χ4v) is 3.34. The highest BCUT2D eigenvalue weighted by atomic mass is 32.2. The van der Waals surface area contributed by atoms with Gasteiger partial charge in [-0.15, -0.1) is 11.8 Å². The molecule has 0 aliphatic heterocycles. The first-order chi connectivity index (χ1) is 9.33. The largest absolute Gasteiger partial charge is 0.367 e. The molecule has 0 atom stereocenters. The first-order valence-electron chi connectivity index (χ1n) is 7.26. The van der Waals surface area contributed by atoms with Gasteiger partial charge in [-0.25, -0.2) is 0 Å². The maximum Gasteiger partial charge on any atom is 0.103 e. The van der Waals surface area contributed by atoms with Gasteiger partial charge in [0.2, 0.25) is 0 Å². The van der Waals surface area contributed by atoms with Crippen molar-refractivity contribution in [2.75, 3.05) is 17.2 Å². The highest BCUT2D eigenvalue weighted by Crippen LogP contribution is 2.40. The summed E-state index contributed by atoms with van der Waals surface area (Å²) >= 11 is 1.78. The highest BCUT2D eigenvalue weighted by Gasteiger charge is 2.35. The van der Waals surface area contributed by atoms with Crippen LogP contribution >= 0.6 is 11.8 Å². The van der Waals surface area contributed by atoms with E-state index in [1.165, 1.54) is 31.4 Å². The van der Waals surface area contributed by atoms with Crippen LogP contribution in [0.15, 0.2) is 23.1 Å². The smallest absolute Gasteiger partial charge is 0.103 e. The lowest BCUT2D eigenvalue weighted by atomic mass is 10.1. The van der Waals surface area contributed by atoms with Crippen LogP contribution in [-0.4, -0.2) is 18.3 Å². The summed E-state index contributed by atoms with van der Waals surface area (Å²) in [5.41, 5.74) is 2.07. The van der Waals surface area contributed by atoms with E-state index in [2.05, 4.69) is 36.1 Å². The number of anilines is 1. The van der Waals surface area contributed by atoms with Gasteiger partial charge in [-0.05, 0) is 49.5 Å². The zero-order chi connectivity index (χ0) is 13.2. The molecule has 0 saturated heterocycles. The molecule has 19 heavy (non-hydrogen) atoms. The predicted octanol–water partition coefficient (Wildman–Crippen LogP) is 4.05. The topological polar surface area (TPSA) is 27.0 Å². The molecule has 2 nitrogen and oxygen atoms in total. The minimum Gasteiger partial charge on any atom is -0.367 e. The Morgan fingerprint density at radius 3 is 2.68 bits per heavy atom. The van der Waals surface area contributed by atoms with Crippen LogP contribution in [0.1, 0.15) is 38.2 Å². The summed E-state index contributed by atoms with van der Waals surface area (Å²) in [5, 5.41) is 9.54. The first kappa shape index (κ1) is 12.9. The van der Waals surface area contributed by atoms with E-state index in [0.29, 0.717) is 6.04 Å². The maximum atomic E-state index is 9.54. The van der Waals surface area contributed by atoms with Crippen LogP contribution in [0.2, 0.25) is 0 Å². The van der Waals surface area contributed by atoms with Gasteiger partial charge in [-0.1, -0.05) is 13.0 Å². The van der Waals surface area contributed by atoms with Gasteiger partial charge in [0.15, 0.2) is 0 Å². The second-order valence-corrected chi connectivity index (χ2v) is 6.83. The van der Waals surface area contributed by atoms with Crippen LogP contribution in [0.4, 0.5) is 5.69 Å². The number of hydrogen-bond acceptors (Lipinski definition) is 3. The second-order valence-electron chi connectivity index (χ2n) is 5.52.